The van der Waals surface area contributed by atoms with Gasteiger partial charge in [0.2, 0.25) is 15.0 Å². The van der Waals surface area contributed by atoms with Gasteiger partial charge in [0.15, 0.2) is 0 Å². The highest BCUT2D eigenvalue weighted by Gasteiger charge is 2.28. The molecule has 0 bridgehead atoms. The fourth-order valence-electron chi connectivity index (χ4n) is 3.96. The highest BCUT2D eigenvalue weighted by atomic mass is 32.2. The van der Waals surface area contributed by atoms with Crippen molar-refractivity contribution in [3.63, 3.8) is 0 Å². The summed E-state index contributed by atoms with van der Waals surface area (Å²) in [5.41, 5.74) is 2.54. The summed E-state index contributed by atoms with van der Waals surface area (Å²) in [5.74, 6) is 0. The number of aromatic nitrogens is 3. The van der Waals surface area contributed by atoms with Crippen LogP contribution in [0.2, 0.25) is 0 Å². The first-order valence-corrected chi connectivity index (χ1v) is 12.9. The van der Waals surface area contributed by atoms with Crippen LogP contribution in [-0.2, 0) is 16.6 Å². The van der Waals surface area contributed by atoms with Crippen molar-refractivity contribution in [2.75, 3.05) is 26.2 Å². The summed E-state index contributed by atoms with van der Waals surface area (Å²) in [6.45, 7) is 4.45. The van der Waals surface area contributed by atoms with Crippen molar-refractivity contribution >= 4 is 26.3 Å². The van der Waals surface area contributed by atoms with Gasteiger partial charge in [-0.2, -0.15) is 13.9 Å². The lowest BCUT2D eigenvalue weighted by Gasteiger charge is -2.33. The van der Waals surface area contributed by atoms with Crippen LogP contribution in [0.15, 0.2) is 70.4 Å². The second-order valence-electron chi connectivity index (χ2n) is 8.00. The predicted molar refractivity (Wildman–Crippen MR) is 128 cm³/mol. The Morgan fingerprint density at radius 3 is 2.39 bits per heavy atom. The molecule has 5 rings (SSSR count). The fraction of sp³-hybridized carbons (Fsp3) is 0.261. The van der Waals surface area contributed by atoms with Gasteiger partial charge in [0.1, 0.15) is 5.01 Å². The van der Waals surface area contributed by atoms with E-state index in [1.54, 1.807) is 30.3 Å². The van der Waals surface area contributed by atoms with E-state index >= 15 is 0 Å². The Hall–Kier alpha value is -2.92. The Labute approximate surface area is 195 Å². The van der Waals surface area contributed by atoms with Gasteiger partial charge in [-0.1, -0.05) is 53.8 Å². The maximum atomic E-state index is 12.8. The van der Waals surface area contributed by atoms with Crippen LogP contribution in [0.3, 0.4) is 0 Å². The summed E-state index contributed by atoms with van der Waals surface area (Å²) >= 11 is 1.39. The van der Waals surface area contributed by atoms with Crippen LogP contribution in [0, 0.1) is 6.92 Å². The summed E-state index contributed by atoms with van der Waals surface area (Å²) < 4.78 is 28.5. The van der Waals surface area contributed by atoms with Crippen molar-refractivity contribution < 1.29 is 8.42 Å². The average molecular weight is 482 g/mol. The molecule has 0 saturated carbocycles. The third-order valence-corrected chi connectivity index (χ3v) is 8.63. The third-order valence-electron chi connectivity index (χ3n) is 5.77. The van der Waals surface area contributed by atoms with Gasteiger partial charge in [0.25, 0.3) is 5.56 Å². The van der Waals surface area contributed by atoms with E-state index in [1.165, 1.54) is 26.2 Å². The summed E-state index contributed by atoms with van der Waals surface area (Å²) in [6.07, 6.45) is 0. The molecule has 0 spiro atoms. The van der Waals surface area contributed by atoms with E-state index in [0.717, 1.165) is 16.1 Å². The highest BCUT2D eigenvalue weighted by molar-refractivity contribution is 7.89. The minimum atomic E-state index is -3.49. The minimum absolute atomic E-state index is 0.212. The maximum Gasteiger partial charge on any atom is 0.275 e. The molecule has 2 aromatic heterocycles. The fourth-order valence-corrected chi connectivity index (χ4v) is 6.42. The quantitative estimate of drug-likeness (QED) is 0.436. The molecule has 33 heavy (non-hydrogen) atoms. The Bertz CT molecular complexity index is 1460. The number of sulfonamides is 1. The van der Waals surface area contributed by atoms with Crippen molar-refractivity contribution in [2.45, 2.75) is 18.4 Å². The van der Waals surface area contributed by atoms with Crippen LogP contribution in [0.4, 0.5) is 0 Å². The number of hydrogen-bond acceptors (Lipinski definition) is 7. The average Bonchev–Trinajstić information content (AvgIpc) is 3.25. The molecule has 1 aliphatic heterocycles. The number of nitrogens with zero attached hydrogens (tertiary/aromatic N) is 5. The van der Waals surface area contributed by atoms with E-state index in [1.807, 2.05) is 31.2 Å². The zero-order valence-electron chi connectivity index (χ0n) is 18.1. The molecule has 0 unspecified atom stereocenters. The molecule has 1 fully saturated rings. The Morgan fingerprint density at radius 1 is 0.970 bits per heavy atom. The second kappa shape index (κ2) is 8.79. The molecule has 2 aromatic carbocycles. The molecule has 0 radical (unpaired) electrons. The molecule has 0 amide bonds. The smallest absolute Gasteiger partial charge is 0.275 e. The Morgan fingerprint density at radius 2 is 1.67 bits per heavy atom. The van der Waals surface area contributed by atoms with E-state index in [-0.39, 0.29) is 5.56 Å². The van der Waals surface area contributed by atoms with E-state index in [0.29, 0.717) is 48.3 Å². The lowest BCUT2D eigenvalue weighted by molar-refractivity contribution is 0.180. The zero-order valence-corrected chi connectivity index (χ0v) is 19.7. The van der Waals surface area contributed by atoms with Crippen LogP contribution in [0.25, 0.3) is 15.5 Å². The van der Waals surface area contributed by atoms with Crippen molar-refractivity contribution in [2.24, 2.45) is 0 Å². The molecule has 0 aliphatic carbocycles. The molecular weight excluding hydrogens is 458 g/mol. The van der Waals surface area contributed by atoms with Crippen molar-refractivity contribution in [3.05, 3.63) is 82.3 Å². The number of aryl methyl sites for hydroxylation is 1. The number of fused-ring (bicyclic) bond motifs is 1. The molecule has 10 heteroatoms. The van der Waals surface area contributed by atoms with Crippen LogP contribution in [-0.4, -0.2) is 58.4 Å². The lowest BCUT2D eigenvalue weighted by atomic mass is 10.1. The molecule has 3 heterocycles. The molecule has 0 atom stereocenters. The first kappa shape index (κ1) is 21.9. The Balaban J connectivity index is 1.31. The lowest BCUT2D eigenvalue weighted by Crippen LogP contribution is -2.48. The normalized spacial score (nSPS) is 15.8. The summed E-state index contributed by atoms with van der Waals surface area (Å²) in [4.78, 5) is 20.3. The van der Waals surface area contributed by atoms with Crippen LogP contribution < -0.4 is 5.56 Å². The van der Waals surface area contributed by atoms with Crippen LogP contribution >= 0.6 is 11.3 Å². The standard InChI is InChI=1S/C23H23N5O3S2/c1-17-7-5-6-10-20(17)22-25-28-21(29)15-18(24-23(28)32-22)16-26-11-13-27(14-12-26)33(30,31)19-8-3-2-4-9-19/h2-10,15H,11-14,16H2,1H3. The predicted octanol–water partition coefficient (Wildman–Crippen LogP) is 2.63. The van der Waals surface area contributed by atoms with E-state index < -0.39 is 10.0 Å². The summed E-state index contributed by atoms with van der Waals surface area (Å²) in [6, 6.07) is 17.9. The van der Waals surface area contributed by atoms with Gasteiger partial charge in [-0.3, -0.25) is 9.69 Å². The highest BCUT2D eigenvalue weighted by Crippen LogP contribution is 2.27. The molecule has 170 valence electrons. The van der Waals surface area contributed by atoms with E-state index in [9.17, 15) is 13.2 Å². The Kier molecular flexibility index (Phi) is 5.83. The SMILES string of the molecule is Cc1ccccc1-c1nn2c(=O)cc(CN3CCN(S(=O)(=O)c4ccccc4)CC3)nc2s1. The largest absolute Gasteiger partial charge is 0.295 e. The molecule has 1 aliphatic rings. The monoisotopic (exact) mass is 481 g/mol. The molecule has 4 aromatic rings. The maximum absolute atomic E-state index is 12.8. The molecular formula is C23H23N5O3S2. The van der Waals surface area contributed by atoms with Gasteiger partial charge in [0.05, 0.1) is 10.6 Å². The minimum Gasteiger partial charge on any atom is -0.295 e. The van der Waals surface area contributed by atoms with Gasteiger partial charge in [-0.05, 0) is 24.6 Å². The van der Waals surface area contributed by atoms with Crippen molar-refractivity contribution in [1.82, 2.24) is 23.8 Å². The molecule has 8 nitrogen and oxygen atoms in total. The third kappa shape index (κ3) is 4.34. The van der Waals surface area contributed by atoms with Crippen LogP contribution in [0.1, 0.15) is 11.3 Å². The van der Waals surface area contributed by atoms with E-state index in [4.69, 9.17) is 0 Å². The van der Waals surface area contributed by atoms with E-state index in [2.05, 4.69) is 15.0 Å². The van der Waals surface area contributed by atoms with Gasteiger partial charge in [-0.25, -0.2) is 13.4 Å². The number of piperazine rings is 1. The molecule has 0 N–H and O–H groups in total. The van der Waals surface area contributed by atoms with Gasteiger partial charge in [0, 0.05) is 44.4 Å². The zero-order chi connectivity index (χ0) is 23.0. The number of benzene rings is 2. The number of rotatable bonds is 5. The first-order chi connectivity index (χ1) is 15.9. The summed E-state index contributed by atoms with van der Waals surface area (Å²) in [7, 11) is -3.49. The van der Waals surface area contributed by atoms with Crippen molar-refractivity contribution in [3.8, 4) is 10.6 Å². The van der Waals surface area contributed by atoms with Crippen LogP contribution in [0.5, 0.6) is 0 Å². The first-order valence-electron chi connectivity index (χ1n) is 10.7. The summed E-state index contributed by atoms with van der Waals surface area (Å²) in [5, 5.41) is 5.23. The topological polar surface area (TPSA) is 87.9 Å². The van der Waals surface area contributed by atoms with Gasteiger partial charge >= 0.3 is 0 Å². The second-order valence-corrected chi connectivity index (χ2v) is 10.9. The van der Waals surface area contributed by atoms with Crippen molar-refractivity contribution in [1.29, 1.82) is 0 Å². The number of hydrogen-bond donors (Lipinski definition) is 0. The van der Waals surface area contributed by atoms with Gasteiger partial charge in [-0.15, -0.1) is 0 Å². The van der Waals surface area contributed by atoms with Gasteiger partial charge < -0.3 is 0 Å². The molecule has 1 saturated heterocycles.